The van der Waals surface area contributed by atoms with Gasteiger partial charge < -0.3 is 10.0 Å². The molecule has 3 atom stereocenters. The Balaban J connectivity index is 2.18. The van der Waals surface area contributed by atoms with Crippen LogP contribution in [-0.4, -0.2) is 56.7 Å². The summed E-state index contributed by atoms with van der Waals surface area (Å²) in [7, 11) is 0. The molecule has 21 heavy (non-hydrogen) atoms. The number of likely N-dealkylation sites (tertiary alicyclic amines) is 1. The Kier molecular flexibility index (Phi) is 5.41. The molecule has 0 saturated carbocycles. The summed E-state index contributed by atoms with van der Waals surface area (Å²) in [6.45, 7) is 7.10. The smallest absolute Gasteiger partial charge is 0.327 e. The fourth-order valence-corrected chi connectivity index (χ4v) is 4.86. The monoisotopic (exact) mass is 314 g/mol. The molecule has 0 aromatic carbocycles. The molecule has 120 valence electrons. The Hall–Kier alpha value is -0.910. The van der Waals surface area contributed by atoms with Gasteiger partial charge in [-0.25, -0.2) is 9.59 Å². The summed E-state index contributed by atoms with van der Waals surface area (Å²) < 4.78 is 0. The van der Waals surface area contributed by atoms with Crippen LogP contribution >= 0.6 is 11.8 Å². The quantitative estimate of drug-likeness (QED) is 0.867. The van der Waals surface area contributed by atoms with Crippen LogP contribution in [0.1, 0.15) is 46.5 Å². The molecule has 2 rings (SSSR count). The molecule has 0 spiro atoms. The van der Waals surface area contributed by atoms with Crippen LogP contribution in [0.25, 0.3) is 0 Å². The number of nitrogens with zero attached hydrogens (tertiary/aromatic N) is 2. The van der Waals surface area contributed by atoms with E-state index in [1.807, 2.05) is 4.90 Å². The predicted octanol–water partition coefficient (Wildman–Crippen LogP) is 2.86. The maximum Gasteiger partial charge on any atom is 0.327 e. The van der Waals surface area contributed by atoms with Crippen LogP contribution in [0.4, 0.5) is 4.79 Å². The lowest BCUT2D eigenvalue weighted by Gasteiger charge is -2.35. The van der Waals surface area contributed by atoms with Crippen LogP contribution in [0, 0.1) is 5.92 Å². The van der Waals surface area contributed by atoms with E-state index in [1.165, 1.54) is 0 Å². The Morgan fingerprint density at radius 3 is 2.67 bits per heavy atom. The van der Waals surface area contributed by atoms with E-state index < -0.39 is 12.0 Å². The molecule has 2 saturated heterocycles. The minimum absolute atomic E-state index is 0.0111. The van der Waals surface area contributed by atoms with Gasteiger partial charge in [0.1, 0.15) is 6.04 Å². The van der Waals surface area contributed by atoms with E-state index in [2.05, 4.69) is 20.8 Å². The van der Waals surface area contributed by atoms with Crippen LogP contribution in [0.3, 0.4) is 0 Å². The summed E-state index contributed by atoms with van der Waals surface area (Å²) >= 11 is 1.61. The van der Waals surface area contributed by atoms with E-state index in [-0.39, 0.29) is 17.4 Å². The molecule has 0 aromatic rings. The first kappa shape index (κ1) is 16.5. The van der Waals surface area contributed by atoms with Gasteiger partial charge in [-0.3, -0.25) is 4.90 Å². The first-order chi connectivity index (χ1) is 9.97. The number of carbonyl (C=O) groups is 2. The summed E-state index contributed by atoms with van der Waals surface area (Å²) in [6, 6.07) is -0.491. The summed E-state index contributed by atoms with van der Waals surface area (Å²) in [4.78, 5) is 28.0. The van der Waals surface area contributed by atoms with E-state index in [0.29, 0.717) is 11.7 Å². The number of hydrogen-bond acceptors (Lipinski definition) is 3. The summed E-state index contributed by atoms with van der Waals surface area (Å²) in [5.74, 6) is 0.0423. The lowest BCUT2D eigenvalue weighted by molar-refractivity contribution is -0.141. The van der Waals surface area contributed by atoms with Gasteiger partial charge in [0.25, 0.3) is 0 Å². The zero-order valence-electron chi connectivity index (χ0n) is 13.1. The second kappa shape index (κ2) is 6.90. The second-order valence-electron chi connectivity index (χ2n) is 6.27. The Morgan fingerprint density at radius 2 is 2.10 bits per heavy atom. The molecule has 5 nitrogen and oxygen atoms in total. The van der Waals surface area contributed by atoms with Crippen molar-refractivity contribution in [3.8, 4) is 0 Å². The molecular formula is C15H26N2O3S. The summed E-state index contributed by atoms with van der Waals surface area (Å²) in [6.07, 6.45) is 3.87. The van der Waals surface area contributed by atoms with Crippen LogP contribution in [0.5, 0.6) is 0 Å². The van der Waals surface area contributed by atoms with Gasteiger partial charge in [0.2, 0.25) is 0 Å². The molecule has 0 bridgehead atoms. The molecule has 0 aliphatic carbocycles. The lowest BCUT2D eigenvalue weighted by atomic mass is 10.0. The van der Waals surface area contributed by atoms with Crippen LogP contribution < -0.4 is 0 Å². The molecule has 0 radical (unpaired) electrons. The number of carboxylic acids is 1. The van der Waals surface area contributed by atoms with Crippen molar-refractivity contribution in [3.05, 3.63) is 0 Å². The highest BCUT2D eigenvalue weighted by Gasteiger charge is 2.45. The van der Waals surface area contributed by atoms with E-state index in [1.54, 1.807) is 16.7 Å². The fraction of sp³-hybridized carbons (Fsp3) is 0.867. The van der Waals surface area contributed by atoms with Crippen LogP contribution in [0.15, 0.2) is 0 Å². The van der Waals surface area contributed by atoms with Gasteiger partial charge >= 0.3 is 12.0 Å². The molecule has 2 heterocycles. The molecule has 3 unspecified atom stereocenters. The van der Waals surface area contributed by atoms with Crippen molar-refractivity contribution in [2.45, 2.75) is 63.9 Å². The van der Waals surface area contributed by atoms with Crippen LogP contribution in [0.2, 0.25) is 0 Å². The zero-order valence-corrected chi connectivity index (χ0v) is 13.9. The molecule has 2 fully saturated rings. The van der Waals surface area contributed by atoms with Crippen molar-refractivity contribution in [1.29, 1.82) is 0 Å². The average Bonchev–Trinajstić information content (AvgIpc) is 3.04. The Morgan fingerprint density at radius 1 is 1.38 bits per heavy atom. The predicted molar refractivity (Wildman–Crippen MR) is 84.4 cm³/mol. The van der Waals surface area contributed by atoms with Crippen molar-refractivity contribution in [1.82, 2.24) is 9.80 Å². The second-order valence-corrected chi connectivity index (χ2v) is 7.48. The number of urea groups is 1. The van der Waals surface area contributed by atoms with Crippen molar-refractivity contribution in [2.75, 3.05) is 12.3 Å². The van der Waals surface area contributed by atoms with Gasteiger partial charge in [-0.1, -0.05) is 27.2 Å². The highest BCUT2D eigenvalue weighted by Crippen LogP contribution is 2.35. The Bertz CT molecular complexity index is 402. The third-order valence-electron chi connectivity index (χ3n) is 4.45. The van der Waals surface area contributed by atoms with E-state index in [4.69, 9.17) is 0 Å². The fourth-order valence-electron chi connectivity index (χ4n) is 3.35. The van der Waals surface area contributed by atoms with Gasteiger partial charge in [0, 0.05) is 18.3 Å². The maximum atomic E-state index is 12.9. The van der Waals surface area contributed by atoms with Crippen molar-refractivity contribution >= 4 is 23.8 Å². The maximum absolute atomic E-state index is 12.9. The van der Waals surface area contributed by atoms with E-state index in [0.717, 1.165) is 32.2 Å². The highest BCUT2D eigenvalue weighted by molar-refractivity contribution is 8.00. The van der Waals surface area contributed by atoms with Crippen molar-refractivity contribution in [2.24, 2.45) is 5.92 Å². The van der Waals surface area contributed by atoms with Crippen LogP contribution in [-0.2, 0) is 4.79 Å². The van der Waals surface area contributed by atoms with E-state index in [9.17, 15) is 14.7 Å². The molecular weight excluding hydrogens is 288 g/mol. The first-order valence-electron chi connectivity index (χ1n) is 7.90. The molecule has 2 amide bonds. The largest absolute Gasteiger partial charge is 0.480 e. The minimum atomic E-state index is -0.880. The zero-order chi connectivity index (χ0) is 15.6. The number of amides is 2. The topological polar surface area (TPSA) is 60.9 Å². The third-order valence-corrected chi connectivity index (χ3v) is 5.80. The average molecular weight is 314 g/mol. The first-order valence-corrected chi connectivity index (χ1v) is 8.95. The molecule has 0 aromatic heterocycles. The standard InChI is InChI=1S/C15H26N2O3S/c1-4-6-13-17(12(9-21-13)14(18)19)15(20)16-8-5-7-11(16)10(2)3/h10-13H,4-9H2,1-3H3,(H,18,19). The SMILES string of the molecule is CCCC1SCC(C(=O)O)N1C(=O)N1CCCC1C(C)C. The van der Waals surface area contributed by atoms with Gasteiger partial charge in [-0.15, -0.1) is 11.8 Å². The third kappa shape index (κ3) is 3.30. The molecule has 6 heteroatoms. The van der Waals surface area contributed by atoms with Gasteiger partial charge in [-0.05, 0) is 25.2 Å². The summed E-state index contributed by atoms with van der Waals surface area (Å²) in [5, 5.41) is 9.42. The number of hydrogen-bond donors (Lipinski definition) is 1. The highest BCUT2D eigenvalue weighted by atomic mass is 32.2. The number of carboxylic acid groups (broad SMARTS) is 1. The van der Waals surface area contributed by atoms with Gasteiger partial charge in [0.15, 0.2) is 0 Å². The minimum Gasteiger partial charge on any atom is -0.480 e. The van der Waals surface area contributed by atoms with Gasteiger partial charge in [0.05, 0.1) is 5.37 Å². The number of aliphatic carboxylic acids is 1. The van der Waals surface area contributed by atoms with Crippen molar-refractivity contribution in [3.63, 3.8) is 0 Å². The molecule has 2 aliphatic heterocycles. The summed E-state index contributed by atoms with van der Waals surface area (Å²) in [5.41, 5.74) is 0. The molecule has 1 N–H and O–H groups in total. The molecule has 2 aliphatic rings. The number of thioether (sulfide) groups is 1. The lowest BCUT2D eigenvalue weighted by Crippen LogP contribution is -2.53. The normalized spacial score (nSPS) is 29.4. The van der Waals surface area contributed by atoms with E-state index >= 15 is 0 Å². The Labute approximate surface area is 131 Å². The van der Waals surface area contributed by atoms with Gasteiger partial charge in [-0.2, -0.15) is 0 Å². The van der Waals surface area contributed by atoms with Crippen molar-refractivity contribution < 1.29 is 14.7 Å². The number of carbonyl (C=O) groups excluding carboxylic acids is 1. The number of rotatable bonds is 4.